The summed E-state index contributed by atoms with van der Waals surface area (Å²) in [4.78, 5) is 15.5. The third-order valence-electron chi connectivity index (χ3n) is 4.36. The van der Waals surface area contributed by atoms with Crippen molar-refractivity contribution in [1.82, 2.24) is 10.3 Å². The molecule has 0 aliphatic heterocycles. The smallest absolute Gasteiger partial charge is 0.267 e. The van der Waals surface area contributed by atoms with E-state index in [0.717, 1.165) is 24.0 Å². The minimum Gasteiger partial charge on any atom is -0.357 e. The van der Waals surface area contributed by atoms with Crippen molar-refractivity contribution >= 4 is 29.1 Å². The Kier molecular flexibility index (Phi) is 5.29. The van der Waals surface area contributed by atoms with Gasteiger partial charge in [-0.25, -0.2) is 0 Å². The van der Waals surface area contributed by atoms with Crippen molar-refractivity contribution in [3.8, 4) is 11.1 Å². The van der Waals surface area contributed by atoms with Crippen molar-refractivity contribution in [2.75, 3.05) is 0 Å². The Morgan fingerprint density at radius 1 is 1.09 bits per heavy atom. The Bertz CT molecular complexity index is 688. The van der Waals surface area contributed by atoms with Crippen LogP contribution in [0.25, 0.3) is 11.1 Å². The number of aromatic amines is 1. The highest BCUT2D eigenvalue weighted by atomic mass is 35.5. The average Bonchev–Trinajstić information content (AvgIpc) is 2.86. The first-order valence-corrected chi connectivity index (χ1v) is 8.84. The van der Waals surface area contributed by atoms with E-state index < -0.39 is 0 Å². The second-order valence-corrected chi connectivity index (χ2v) is 6.93. The van der Waals surface area contributed by atoms with Gasteiger partial charge >= 0.3 is 0 Å². The van der Waals surface area contributed by atoms with E-state index >= 15 is 0 Å². The Morgan fingerprint density at radius 2 is 1.83 bits per heavy atom. The van der Waals surface area contributed by atoms with E-state index in [2.05, 4.69) is 10.3 Å². The van der Waals surface area contributed by atoms with Crippen molar-refractivity contribution in [3.05, 3.63) is 46.2 Å². The van der Waals surface area contributed by atoms with Gasteiger partial charge in [0.05, 0.1) is 0 Å². The molecule has 0 unspecified atom stereocenters. The summed E-state index contributed by atoms with van der Waals surface area (Å²) in [5.74, 6) is -0.0479. The third kappa shape index (κ3) is 4.10. The Labute approximate surface area is 146 Å². The fourth-order valence-electron chi connectivity index (χ4n) is 3.09. The van der Waals surface area contributed by atoms with Gasteiger partial charge in [-0.3, -0.25) is 4.79 Å². The zero-order valence-electron chi connectivity index (χ0n) is 12.9. The number of carbonyl (C=O) groups excluding carboxylic acids is 1. The van der Waals surface area contributed by atoms with Gasteiger partial charge in [0.2, 0.25) is 0 Å². The molecule has 0 spiro atoms. The second-order valence-electron chi connectivity index (χ2n) is 6.09. The lowest BCUT2D eigenvalue weighted by atomic mass is 10.1. The highest BCUT2D eigenvalue weighted by molar-refractivity contribution is 6.36. The predicted octanol–water partition coefficient (Wildman–Crippen LogP) is 5.44. The van der Waals surface area contributed by atoms with E-state index in [1.165, 1.54) is 25.7 Å². The number of nitrogens with one attached hydrogen (secondary N) is 2. The zero-order valence-corrected chi connectivity index (χ0v) is 14.4. The van der Waals surface area contributed by atoms with Crippen molar-refractivity contribution < 1.29 is 4.79 Å². The molecule has 1 fully saturated rings. The molecular formula is C18H20Cl2N2O. The number of aromatic nitrogens is 1. The molecule has 0 radical (unpaired) electrons. The zero-order chi connectivity index (χ0) is 16.2. The maximum Gasteiger partial charge on any atom is 0.267 e. The molecule has 1 aliphatic rings. The van der Waals surface area contributed by atoms with Crippen LogP contribution in [0, 0.1) is 0 Å². The predicted molar refractivity (Wildman–Crippen MR) is 95.2 cm³/mol. The van der Waals surface area contributed by atoms with Gasteiger partial charge < -0.3 is 10.3 Å². The molecule has 1 aromatic heterocycles. The van der Waals surface area contributed by atoms with Gasteiger partial charge in [0.1, 0.15) is 5.69 Å². The third-order valence-corrected chi connectivity index (χ3v) is 4.91. The Balaban J connectivity index is 1.72. The lowest BCUT2D eigenvalue weighted by Crippen LogP contribution is -2.34. The molecule has 1 heterocycles. The SMILES string of the molecule is O=C(NC1CCCCCC1)c1cc(-c2ccc(Cl)cc2Cl)c[nH]1. The van der Waals surface area contributed by atoms with E-state index in [0.29, 0.717) is 15.7 Å². The molecule has 1 saturated carbocycles. The lowest BCUT2D eigenvalue weighted by molar-refractivity contribution is 0.0929. The van der Waals surface area contributed by atoms with Crippen LogP contribution in [0.4, 0.5) is 0 Å². The summed E-state index contributed by atoms with van der Waals surface area (Å²) in [6.45, 7) is 0. The van der Waals surface area contributed by atoms with Crippen LogP contribution in [0.3, 0.4) is 0 Å². The topological polar surface area (TPSA) is 44.9 Å². The quantitative estimate of drug-likeness (QED) is 0.711. The maximum atomic E-state index is 12.4. The number of hydrogen-bond acceptors (Lipinski definition) is 1. The molecule has 5 heteroatoms. The summed E-state index contributed by atoms with van der Waals surface area (Å²) in [6.07, 6.45) is 8.88. The first kappa shape index (κ1) is 16.4. The first-order valence-electron chi connectivity index (χ1n) is 8.08. The molecule has 23 heavy (non-hydrogen) atoms. The number of rotatable bonds is 3. The van der Waals surface area contributed by atoms with E-state index in [9.17, 15) is 4.79 Å². The highest BCUT2D eigenvalue weighted by Crippen LogP contribution is 2.30. The van der Waals surface area contributed by atoms with Crippen molar-refractivity contribution in [1.29, 1.82) is 0 Å². The number of benzene rings is 1. The van der Waals surface area contributed by atoms with Gasteiger partial charge in [-0.1, -0.05) is 55.0 Å². The minimum atomic E-state index is -0.0479. The largest absolute Gasteiger partial charge is 0.357 e. The monoisotopic (exact) mass is 350 g/mol. The van der Waals surface area contributed by atoms with Crippen LogP contribution in [0.1, 0.15) is 49.0 Å². The lowest BCUT2D eigenvalue weighted by Gasteiger charge is -2.15. The van der Waals surface area contributed by atoms with Gasteiger partial charge in [0.25, 0.3) is 5.91 Å². The maximum absolute atomic E-state index is 12.4. The van der Waals surface area contributed by atoms with E-state index in [1.54, 1.807) is 18.3 Å². The molecule has 0 bridgehead atoms. The first-order chi connectivity index (χ1) is 11.1. The number of H-pyrrole nitrogens is 1. The number of amides is 1. The molecule has 1 amide bonds. The van der Waals surface area contributed by atoms with Gasteiger partial charge in [0.15, 0.2) is 0 Å². The van der Waals surface area contributed by atoms with Gasteiger partial charge in [-0.2, -0.15) is 0 Å². The summed E-state index contributed by atoms with van der Waals surface area (Å²) in [7, 11) is 0. The Morgan fingerprint density at radius 3 is 2.52 bits per heavy atom. The molecule has 2 aromatic rings. The van der Waals surface area contributed by atoms with E-state index in [-0.39, 0.29) is 11.9 Å². The van der Waals surface area contributed by atoms with Crippen LogP contribution in [0.2, 0.25) is 10.0 Å². The molecule has 0 atom stereocenters. The van der Waals surface area contributed by atoms with Gasteiger partial charge in [-0.05, 0) is 31.0 Å². The molecule has 0 saturated heterocycles. The average molecular weight is 351 g/mol. The van der Waals surface area contributed by atoms with Crippen LogP contribution in [0.5, 0.6) is 0 Å². The van der Waals surface area contributed by atoms with Gasteiger partial charge in [-0.15, -0.1) is 0 Å². The second kappa shape index (κ2) is 7.41. The summed E-state index contributed by atoms with van der Waals surface area (Å²) in [5.41, 5.74) is 2.31. The molecular weight excluding hydrogens is 331 g/mol. The van der Waals surface area contributed by atoms with Crippen molar-refractivity contribution in [2.24, 2.45) is 0 Å². The molecule has 2 N–H and O–H groups in total. The molecule has 122 valence electrons. The van der Waals surface area contributed by atoms with Crippen molar-refractivity contribution in [2.45, 2.75) is 44.6 Å². The van der Waals surface area contributed by atoms with Crippen LogP contribution >= 0.6 is 23.2 Å². The summed E-state index contributed by atoms with van der Waals surface area (Å²) in [5, 5.41) is 4.31. The number of halogens is 2. The fourth-order valence-corrected chi connectivity index (χ4v) is 3.61. The van der Waals surface area contributed by atoms with Crippen LogP contribution in [-0.4, -0.2) is 16.9 Å². The standard InChI is InChI=1S/C18H20Cl2N2O/c19-13-7-8-15(16(20)10-13)12-9-17(21-11-12)18(23)22-14-5-3-1-2-4-6-14/h7-11,14,21H,1-6H2,(H,22,23). The summed E-state index contributed by atoms with van der Waals surface area (Å²) >= 11 is 12.2. The van der Waals surface area contributed by atoms with E-state index in [4.69, 9.17) is 23.2 Å². The number of hydrogen-bond donors (Lipinski definition) is 2. The normalized spacial score (nSPS) is 16.1. The Hall–Kier alpha value is -1.45. The van der Waals surface area contributed by atoms with Crippen LogP contribution in [-0.2, 0) is 0 Å². The fraction of sp³-hybridized carbons (Fsp3) is 0.389. The molecule has 3 rings (SSSR count). The summed E-state index contributed by atoms with van der Waals surface area (Å²) < 4.78 is 0. The van der Waals surface area contributed by atoms with Crippen LogP contribution < -0.4 is 5.32 Å². The van der Waals surface area contributed by atoms with Crippen LogP contribution in [0.15, 0.2) is 30.5 Å². The minimum absolute atomic E-state index is 0.0479. The molecule has 1 aromatic carbocycles. The van der Waals surface area contributed by atoms with Crippen molar-refractivity contribution in [3.63, 3.8) is 0 Å². The molecule has 3 nitrogen and oxygen atoms in total. The summed E-state index contributed by atoms with van der Waals surface area (Å²) in [6, 6.07) is 7.48. The van der Waals surface area contributed by atoms with Gasteiger partial charge in [0, 0.05) is 33.4 Å². The highest BCUT2D eigenvalue weighted by Gasteiger charge is 2.17. The van der Waals surface area contributed by atoms with E-state index in [1.807, 2.05) is 12.1 Å². The number of carbonyl (C=O) groups is 1. The molecule has 1 aliphatic carbocycles.